The van der Waals surface area contributed by atoms with Crippen LogP contribution in [0.1, 0.15) is 17.4 Å². The molecule has 0 aliphatic carbocycles. The lowest BCUT2D eigenvalue weighted by Gasteiger charge is -2.10. The number of nitrogens with one attached hydrogen (secondary N) is 1. The third kappa shape index (κ3) is 2.99. The van der Waals surface area contributed by atoms with Crippen LogP contribution < -0.4 is 11.1 Å². The largest absolute Gasteiger partial charge is 0.397 e. The van der Waals surface area contributed by atoms with Crippen LogP contribution in [0.2, 0.25) is 0 Å². The average Bonchev–Trinajstić information content (AvgIpc) is 2.53. The smallest absolute Gasteiger partial charge is 0.268 e. The van der Waals surface area contributed by atoms with Crippen molar-refractivity contribution in [3.8, 4) is 0 Å². The number of nitrogen functional groups attached to an aromatic ring is 1. The summed E-state index contributed by atoms with van der Waals surface area (Å²) < 4.78 is 6.72. The van der Waals surface area contributed by atoms with Crippen LogP contribution in [0.3, 0.4) is 0 Å². The first kappa shape index (κ1) is 11.6. The van der Waals surface area contributed by atoms with Gasteiger partial charge in [-0.3, -0.25) is 4.79 Å². The molecule has 15 heavy (non-hydrogen) atoms. The molecule has 84 valence electrons. The second kappa shape index (κ2) is 4.84. The number of methoxy groups -OCH3 is 1. The van der Waals surface area contributed by atoms with E-state index >= 15 is 0 Å². The molecule has 0 bridgehead atoms. The number of hydrogen-bond acceptors (Lipinski definition) is 3. The fourth-order valence-electron chi connectivity index (χ4n) is 1.23. The number of aromatic nitrogens is 1. The van der Waals surface area contributed by atoms with Crippen molar-refractivity contribution in [3.63, 3.8) is 0 Å². The summed E-state index contributed by atoms with van der Waals surface area (Å²) in [5, 5.41) is 2.76. The zero-order valence-electron chi connectivity index (χ0n) is 9.28. The van der Waals surface area contributed by atoms with Crippen LogP contribution in [0, 0.1) is 0 Å². The standard InChI is InChI=1S/C10H17N3O2/c1-7(15-3)5-12-10(14)9-4-8(11)6-13(9)2/h4,6-7H,5,11H2,1-3H3,(H,12,14). The van der Waals surface area contributed by atoms with Crippen molar-refractivity contribution in [2.45, 2.75) is 13.0 Å². The van der Waals surface area contributed by atoms with E-state index in [-0.39, 0.29) is 12.0 Å². The van der Waals surface area contributed by atoms with Gasteiger partial charge in [-0.2, -0.15) is 0 Å². The molecule has 1 amide bonds. The molecule has 1 rings (SSSR count). The molecule has 1 aromatic heterocycles. The molecule has 1 unspecified atom stereocenters. The van der Waals surface area contributed by atoms with E-state index in [0.29, 0.717) is 17.9 Å². The third-order valence-corrected chi connectivity index (χ3v) is 2.21. The highest BCUT2D eigenvalue weighted by Gasteiger charge is 2.11. The van der Waals surface area contributed by atoms with Gasteiger partial charge < -0.3 is 20.4 Å². The number of aryl methyl sites for hydroxylation is 1. The quantitative estimate of drug-likeness (QED) is 0.756. The number of nitrogens with two attached hydrogens (primary N) is 1. The molecular formula is C10H17N3O2. The van der Waals surface area contributed by atoms with Gasteiger partial charge in [0, 0.05) is 26.9 Å². The van der Waals surface area contributed by atoms with Crippen LogP contribution in [0.25, 0.3) is 0 Å². The van der Waals surface area contributed by atoms with E-state index in [1.165, 1.54) is 0 Å². The van der Waals surface area contributed by atoms with Gasteiger partial charge in [0.05, 0.1) is 11.8 Å². The first-order valence-corrected chi connectivity index (χ1v) is 4.77. The molecule has 0 saturated carbocycles. The Balaban J connectivity index is 2.58. The Hall–Kier alpha value is -1.49. The molecule has 5 nitrogen and oxygen atoms in total. The molecule has 0 radical (unpaired) electrons. The van der Waals surface area contributed by atoms with Gasteiger partial charge in [-0.25, -0.2) is 0 Å². The minimum absolute atomic E-state index is 0.00608. The number of ether oxygens (including phenoxy) is 1. The van der Waals surface area contributed by atoms with E-state index in [1.807, 2.05) is 6.92 Å². The maximum atomic E-state index is 11.7. The number of anilines is 1. The Labute approximate surface area is 89.2 Å². The van der Waals surface area contributed by atoms with Gasteiger partial charge in [-0.1, -0.05) is 0 Å². The van der Waals surface area contributed by atoms with Crippen molar-refractivity contribution >= 4 is 11.6 Å². The Bertz CT molecular complexity index is 346. The summed E-state index contributed by atoms with van der Waals surface area (Å²) in [5.74, 6) is -0.141. The number of rotatable bonds is 4. The lowest BCUT2D eigenvalue weighted by molar-refractivity contribution is 0.0863. The van der Waals surface area contributed by atoms with Gasteiger partial charge in [0.15, 0.2) is 0 Å². The number of carbonyl (C=O) groups is 1. The second-order valence-corrected chi connectivity index (χ2v) is 3.53. The van der Waals surface area contributed by atoms with Gasteiger partial charge in [-0.15, -0.1) is 0 Å². The van der Waals surface area contributed by atoms with Crippen molar-refractivity contribution < 1.29 is 9.53 Å². The zero-order valence-corrected chi connectivity index (χ0v) is 9.28. The van der Waals surface area contributed by atoms with Crippen LogP contribution >= 0.6 is 0 Å². The Morgan fingerprint density at radius 2 is 2.40 bits per heavy atom. The summed E-state index contributed by atoms with van der Waals surface area (Å²) in [4.78, 5) is 11.7. The molecule has 0 saturated heterocycles. The summed E-state index contributed by atoms with van der Waals surface area (Å²) in [7, 11) is 3.39. The minimum Gasteiger partial charge on any atom is -0.397 e. The lowest BCUT2D eigenvalue weighted by Crippen LogP contribution is -2.32. The first-order valence-electron chi connectivity index (χ1n) is 4.77. The Kier molecular flexibility index (Phi) is 3.74. The molecule has 0 spiro atoms. The summed E-state index contributed by atoms with van der Waals surface area (Å²) in [5.41, 5.74) is 6.71. The van der Waals surface area contributed by atoms with E-state index in [9.17, 15) is 4.79 Å². The van der Waals surface area contributed by atoms with Gasteiger partial charge in [0.1, 0.15) is 5.69 Å². The van der Waals surface area contributed by atoms with Crippen LogP contribution in [0.4, 0.5) is 5.69 Å². The molecule has 0 aromatic carbocycles. The highest BCUT2D eigenvalue weighted by molar-refractivity contribution is 5.93. The predicted molar refractivity (Wildman–Crippen MR) is 58.6 cm³/mol. The minimum atomic E-state index is -0.141. The highest BCUT2D eigenvalue weighted by Crippen LogP contribution is 2.08. The summed E-state index contributed by atoms with van der Waals surface area (Å²) >= 11 is 0. The SMILES string of the molecule is COC(C)CNC(=O)c1cc(N)cn1C. The van der Waals surface area contributed by atoms with E-state index in [4.69, 9.17) is 10.5 Å². The van der Waals surface area contributed by atoms with E-state index < -0.39 is 0 Å². The van der Waals surface area contributed by atoms with Gasteiger partial charge in [-0.05, 0) is 13.0 Å². The topological polar surface area (TPSA) is 69.3 Å². The molecule has 1 aromatic rings. The summed E-state index contributed by atoms with van der Waals surface area (Å²) in [6.07, 6.45) is 1.71. The Morgan fingerprint density at radius 3 is 2.87 bits per heavy atom. The predicted octanol–water partition coefficient (Wildman–Crippen LogP) is 0.372. The van der Waals surface area contributed by atoms with Crippen molar-refractivity contribution in [3.05, 3.63) is 18.0 Å². The lowest BCUT2D eigenvalue weighted by atomic mass is 10.3. The molecule has 5 heteroatoms. The monoisotopic (exact) mass is 211 g/mol. The maximum Gasteiger partial charge on any atom is 0.268 e. The fourth-order valence-corrected chi connectivity index (χ4v) is 1.23. The zero-order chi connectivity index (χ0) is 11.4. The van der Waals surface area contributed by atoms with Crippen LogP contribution in [-0.2, 0) is 11.8 Å². The van der Waals surface area contributed by atoms with E-state index in [0.717, 1.165) is 0 Å². The Morgan fingerprint density at radius 1 is 1.73 bits per heavy atom. The van der Waals surface area contributed by atoms with Crippen LogP contribution in [-0.4, -0.2) is 30.2 Å². The first-order chi connectivity index (χ1) is 7.04. The average molecular weight is 211 g/mol. The second-order valence-electron chi connectivity index (χ2n) is 3.53. The van der Waals surface area contributed by atoms with Crippen molar-refractivity contribution in [1.82, 2.24) is 9.88 Å². The number of amides is 1. The fraction of sp³-hybridized carbons (Fsp3) is 0.500. The molecule has 1 atom stereocenters. The van der Waals surface area contributed by atoms with Crippen molar-refractivity contribution in [1.29, 1.82) is 0 Å². The van der Waals surface area contributed by atoms with Crippen LogP contribution in [0.5, 0.6) is 0 Å². The summed E-state index contributed by atoms with van der Waals surface area (Å²) in [6.45, 7) is 2.38. The highest BCUT2D eigenvalue weighted by atomic mass is 16.5. The van der Waals surface area contributed by atoms with Crippen molar-refractivity contribution in [2.24, 2.45) is 7.05 Å². The van der Waals surface area contributed by atoms with E-state index in [2.05, 4.69) is 5.32 Å². The van der Waals surface area contributed by atoms with Crippen LogP contribution in [0.15, 0.2) is 12.3 Å². The number of nitrogens with zero attached hydrogens (tertiary/aromatic N) is 1. The summed E-state index contributed by atoms with van der Waals surface area (Å²) in [6, 6.07) is 1.65. The normalized spacial score (nSPS) is 12.5. The molecule has 1 heterocycles. The van der Waals surface area contributed by atoms with Gasteiger partial charge in [0.25, 0.3) is 5.91 Å². The number of carbonyl (C=O) groups excluding carboxylic acids is 1. The molecule has 0 fully saturated rings. The van der Waals surface area contributed by atoms with Crippen molar-refractivity contribution in [2.75, 3.05) is 19.4 Å². The molecule has 0 aliphatic heterocycles. The molecule has 0 aliphatic rings. The van der Waals surface area contributed by atoms with Gasteiger partial charge >= 0.3 is 0 Å². The third-order valence-electron chi connectivity index (χ3n) is 2.21. The maximum absolute atomic E-state index is 11.7. The van der Waals surface area contributed by atoms with E-state index in [1.54, 1.807) is 31.0 Å². The number of hydrogen-bond donors (Lipinski definition) is 2. The van der Waals surface area contributed by atoms with Gasteiger partial charge in [0.2, 0.25) is 0 Å². The molecule has 3 N–H and O–H groups in total. The molecular weight excluding hydrogens is 194 g/mol.